The van der Waals surface area contributed by atoms with E-state index < -0.39 is 28.3 Å². The van der Waals surface area contributed by atoms with Crippen LogP contribution >= 0.6 is 0 Å². The molecule has 1 amide bonds. The summed E-state index contributed by atoms with van der Waals surface area (Å²) in [5.74, 6) is -1.44. The SMILES string of the molecule is CC[C@@H](Nc1c(Nc2cccc(C(=O)NCCC(=O)OC(C)(C)C)c2O)c(=O)c1=O)c1ccccc1. The van der Waals surface area contributed by atoms with Crippen molar-refractivity contribution in [2.24, 2.45) is 0 Å². The van der Waals surface area contributed by atoms with Crippen molar-refractivity contribution in [2.75, 3.05) is 17.2 Å². The normalized spacial score (nSPS) is 12.1. The Morgan fingerprint density at radius 1 is 0.972 bits per heavy atom. The van der Waals surface area contributed by atoms with Crippen molar-refractivity contribution in [2.45, 2.75) is 52.2 Å². The number of phenolic OH excluding ortho intramolecular Hbond substituents is 1. The van der Waals surface area contributed by atoms with Crippen LogP contribution in [-0.4, -0.2) is 29.1 Å². The van der Waals surface area contributed by atoms with E-state index >= 15 is 0 Å². The van der Waals surface area contributed by atoms with Crippen LogP contribution in [0.3, 0.4) is 0 Å². The predicted molar refractivity (Wildman–Crippen MR) is 139 cm³/mol. The Morgan fingerprint density at radius 2 is 1.64 bits per heavy atom. The minimum Gasteiger partial charge on any atom is -0.505 e. The van der Waals surface area contributed by atoms with Crippen LogP contribution in [0.25, 0.3) is 0 Å². The second-order valence-corrected chi connectivity index (χ2v) is 9.34. The average Bonchev–Trinajstić information content (AvgIpc) is 2.83. The quantitative estimate of drug-likeness (QED) is 0.191. The zero-order chi connectivity index (χ0) is 26.5. The van der Waals surface area contributed by atoms with Gasteiger partial charge < -0.3 is 25.8 Å². The summed E-state index contributed by atoms with van der Waals surface area (Å²) in [7, 11) is 0. The lowest BCUT2D eigenvalue weighted by Gasteiger charge is -2.22. The van der Waals surface area contributed by atoms with E-state index in [-0.39, 0.29) is 47.4 Å². The highest BCUT2D eigenvalue weighted by Gasteiger charge is 2.25. The summed E-state index contributed by atoms with van der Waals surface area (Å²) in [6, 6.07) is 13.8. The molecule has 0 saturated heterocycles. The zero-order valence-corrected chi connectivity index (χ0v) is 20.8. The van der Waals surface area contributed by atoms with Gasteiger partial charge in [-0.2, -0.15) is 0 Å². The number of phenols is 1. The lowest BCUT2D eigenvalue weighted by atomic mass is 10.0. The number of rotatable bonds is 10. The molecule has 36 heavy (non-hydrogen) atoms. The number of para-hydroxylation sites is 1. The Labute approximate surface area is 209 Å². The van der Waals surface area contributed by atoms with Crippen molar-refractivity contribution < 1.29 is 19.4 Å². The molecule has 0 saturated carbocycles. The highest BCUT2D eigenvalue weighted by atomic mass is 16.6. The predicted octanol–water partition coefficient (Wildman–Crippen LogP) is 3.76. The van der Waals surface area contributed by atoms with Gasteiger partial charge in [0.15, 0.2) is 5.75 Å². The molecule has 0 fully saturated rings. The molecule has 9 heteroatoms. The van der Waals surface area contributed by atoms with Crippen LogP contribution in [-0.2, 0) is 9.53 Å². The molecule has 0 radical (unpaired) electrons. The van der Waals surface area contributed by atoms with E-state index in [0.717, 1.165) is 5.56 Å². The summed E-state index contributed by atoms with van der Waals surface area (Å²) in [5, 5.41) is 19.2. The summed E-state index contributed by atoms with van der Waals surface area (Å²) in [6.45, 7) is 7.23. The van der Waals surface area contributed by atoms with E-state index in [1.807, 2.05) is 37.3 Å². The second kappa shape index (κ2) is 11.1. The monoisotopic (exact) mass is 493 g/mol. The molecule has 0 bridgehead atoms. The van der Waals surface area contributed by atoms with Crippen LogP contribution in [0.1, 0.15) is 62.5 Å². The molecule has 0 aliphatic rings. The molecule has 9 nitrogen and oxygen atoms in total. The number of esters is 1. The van der Waals surface area contributed by atoms with Crippen LogP contribution in [0.15, 0.2) is 58.1 Å². The molecule has 0 spiro atoms. The third kappa shape index (κ3) is 6.29. The number of carbonyl (C=O) groups excluding carboxylic acids is 2. The Kier molecular flexibility index (Phi) is 8.14. The Hall–Kier alpha value is -4.14. The largest absolute Gasteiger partial charge is 0.505 e. The van der Waals surface area contributed by atoms with Crippen LogP contribution in [0.2, 0.25) is 0 Å². The summed E-state index contributed by atoms with van der Waals surface area (Å²) in [5.41, 5.74) is -0.831. The number of ether oxygens (including phenoxy) is 1. The maximum absolute atomic E-state index is 12.6. The second-order valence-electron chi connectivity index (χ2n) is 9.34. The molecule has 190 valence electrons. The number of benzene rings is 2. The average molecular weight is 494 g/mol. The van der Waals surface area contributed by atoms with Gasteiger partial charge in [-0.05, 0) is 44.9 Å². The van der Waals surface area contributed by atoms with Crippen molar-refractivity contribution in [3.05, 3.63) is 80.1 Å². The molecule has 0 unspecified atom stereocenters. The number of aromatic hydroxyl groups is 1. The molecule has 3 aromatic carbocycles. The van der Waals surface area contributed by atoms with Crippen LogP contribution < -0.4 is 26.8 Å². The molecule has 3 rings (SSSR count). The first-order chi connectivity index (χ1) is 17.0. The van der Waals surface area contributed by atoms with Crippen LogP contribution in [0.5, 0.6) is 5.75 Å². The summed E-state index contributed by atoms with van der Waals surface area (Å²) in [6.07, 6.45) is 0.646. The van der Waals surface area contributed by atoms with Crippen molar-refractivity contribution in [1.82, 2.24) is 5.32 Å². The van der Waals surface area contributed by atoms with Crippen molar-refractivity contribution >= 4 is 28.9 Å². The van der Waals surface area contributed by atoms with Crippen LogP contribution in [0.4, 0.5) is 17.1 Å². The third-order valence-electron chi connectivity index (χ3n) is 5.41. The first-order valence-corrected chi connectivity index (χ1v) is 11.8. The fourth-order valence-electron chi connectivity index (χ4n) is 3.66. The molecule has 0 heterocycles. The third-order valence-corrected chi connectivity index (χ3v) is 5.41. The highest BCUT2D eigenvalue weighted by Crippen LogP contribution is 2.33. The van der Waals surface area contributed by atoms with Crippen molar-refractivity contribution in [3.63, 3.8) is 0 Å². The van der Waals surface area contributed by atoms with Crippen LogP contribution in [0, 0.1) is 0 Å². The standard InChI is InChI=1S/C27H31N3O6/c1-5-18(16-10-7-6-8-11-16)29-21-22(25(34)24(21)33)30-19-13-9-12-17(23(19)32)26(35)28-15-14-20(31)36-27(2,3)4/h6-13,18,29-30,32H,5,14-15H2,1-4H3,(H,28,35)/t18-/m1/s1. The maximum Gasteiger partial charge on any atom is 0.308 e. The van der Waals surface area contributed by atoms with Gasteiger partial charge in [-0.3, -0.25) is 19.2 Å². The van der Waals surface area contributed by atoms with E-state index in [4.69, 9.17) is 4.74 Å². The summed E-state index contributed by atoms with van der Waals surface area (Å²) < 4.78 is 5.20. The number of carbonyl (C=O) groups is 2. The van der Waals surface area contributed by atoms with Gasteiger partial charge in [0, 0.05) is 6.54 Å². The van der Waals surface area contributed by atoms with Crippen molar-refractivity contribution in [3.8, 4) is 5.75 Å². The first-order valence-electron chi connectivity index (χ1n) is 11.8. The van der Waals surface area contributed by atoms with Gasteiger partial charge in [-0.15, -0.1) is 0 Å². The fourth-order valence-corrected chi connectivity index (χ4v) is 3.66. The molecule has 1 atom stereocenters. The summed E-state index contributed by atoms with van der Waals surface area (Å²) in [4.78, 5) is 49.0. The molecule has 0 aromatic heterocycles. The van der Waals surface area contributed by atoms with Gasteiger partial charge in [0.2, 0.25) is 0 Å². The van der Waals surface area contributed by atoms with Crippen molar-refractivity contribution in [1.29, 1.82) is 0 Å². The minimum absolute atomic E-state index is 0.0205. The highest BCUT2D eigenvalue weighted by molar-refractivity contribution is 5.99. The lowest BCUT2D eigenvalue weighted by Crippen LogP contribution is -2.37. The van der Waals surface area contributed by atoms with Gasteiger partial charge in [0.05, 0.1) is 23.7 Å². The smallest absolute Gasteiger partial charge is 0.308 e. The molecular formula is C27H31N3O6. The molecule has 4 N–H and O–H groups in total. The number of anilines is 3. The molecule has 0 aliphatic heterocycles. The van der Waals surface area contributed by atoms with E-state index in [1.54, 1.807) is 20.8 Å². The van der Waals surface area contributed by atoms with E-state index in [1.165, 1.54) is 18.2 Å². The number of hydrogen-bond acceptors (Lipinski definition) is 8. The number of amides is 1. The Balaban J connectivity index is 1.71. The van der Waals surface area contributed by atoms with Gasteiger partial charge in [0.25, 0.3) is 16.8 Å². The minimum atomic E-state index is -0.716. The van der Waals surface area contributed by atoms with Gasteiger partial charge >= 0.3 is 5.97 Å². The Morgan fingerprint density at radius 3 is 2.28 bits per heavy atom. The summed E-state index contributed by atoms with van der Waals surface area (Å²) >= 11 is 0. The molecular weight excluding hydrogens is 462 g/mol. The molecule has 0 aliphatic carbocycles. The first kappa shape index (κ1) is 26.5. The van der Waals surface area contributed by atoms with Gasteiger partial charge in [-0.25, -0.2) is 0 Å². The lowest BCUT2D eigenvalue weighted by molar-refractivity contribution is -0.154. The van der Waals surface area contributed by atoms with Gasteiger partial charge in [0.1, 0.15) is 17.0 Å². The van der Waals surface area contributed by atoms with E-state index in [9.17, 15) is 24.3 Å². The number of hydrogen-bond donors (Lipinski definition) is 4. The van der Waals surface area contributed by atoms with E-state index in [0.29, 0.717) is 6.42 Å². The molecule has 3 aromatic rings. The fraction of sp³-hybridized carbons (Fsp3) is 0.333. The maximum atomic E-state index is 12.6. The number of nitrogens with one attached hydrogen (secondary N) is 3. The Bertz CT molecular complexity index is 1300. The van der Waals surface area contributed by atoms with E-state index in [2.05, 4.69) is 16.0 Å². The topological polar surface area (TPSA) is 134 Å². The van der Waals surface area contributed by atoms with Gasteiger partial charge in [-0.1, -0.05) is 43.3 Å². The zero-order valence-electron chi connectivity index (χ0n) is 20.8.